The summed E-state index contributed by atoms with van der Waals surface area (Å²) >= 11 is 0. The van der Waals surface area contributed by atoms with Crippen LogP contribution in [0.1, 0.15) is 147 Å². The fraction of sp³-hybridized carbons (Fsp3) is 0.481. The number of ether oxygens (including phenoxy) is 1. The topological polar surface area (TPSA) is 269 Å². The number of esters is 1. The van der Waals surface area contributed by atoms with Crippen LogP contribution >= 0.6 is 0 Å². The van der Waals surface area contributed by atoms with E-state index in [1.54, 1.807) is 6.20 Å². The standard InChI is InChI=1S/C32H41N5O7.C21H30N2O3.CH4.B/c1-2-3-4-5-6-7-8-13-30(39)35-27(18-23-20-34-26-12-10-9-11-25(23)26)31(40)36-28(19-29(33)38)32(41)44-21-22-14-16-24(17-15-22)37(42)43;1-2-3-4-5-6-7-8-13-20(24)23-19(21(25)26)14-16-15-22-18-12-10-9-11-17(16)18;;/h9-12,14-17,20,27-28,34H,2-8,13,18-19,21H2,1H3,(H2,33,38)(H,35,39)(H,36,40);9-12,15,19,22H,2-8,13-14H2,1H3,(H,23,24)(H,25,26);1H4;/t27-,28-;19-;;/m00../s1. The van der Waals surface area contributed by atoms with Crippen LogP contribution < -0.4 is 21.7 Å². The minimum Gasteiger partial charge on any atom is -0.480 e. The van der Waals surface area contributed by atoms with E-state index in [-0.39, 0.29) is 59.2 Å². The molecule has 5 aromatic rings. The SMILES string of the molecule is C.CCCCCCCCCC(=O)N[C@@H](Cc1c[nH]c2ccccc12)C(=O)N[C@@H](CC(N)=O)C(=O)OCc1ccc([N+](=O)[O-])cc1.CCCCCCCCCC(=O)N[C@@H](Cc1c[nH]c2ccccc12)C(=O)O.[B]. The Hall–Kier alpha value is -6.98. The van der Waals surface area contributed by atoms with Gasteiger partial charge < -0.3 is 41.5 Å². The number of unbranched alkanes of at least 4 members (excludes halogenated alkanes) is 12. The number of carbonyl (C=O) groups is 6. The summed E-state index contributed by atoms with van der Waals surface area (Å²) in [5.74, 6) is -3.86. The van der Waals surface area contributed by atoms with Gasteiger partial charge in [0.1, 0.15) is 24.7 Å². The molecule has 0 saturated heterocycles. The van der Waals surface area contributed by atoms with Crippen LogP contribution in [-0.4, -0.2) is 82.1 Å². The summed E-state index contributed by atoms with van der Waals surface area (Å²) in [5, 5.41) is 30.3. The number of hydrogen-bond acceptors (Lipinski definition) is 9. The van der Waals surface area contributed by atoms with E-state index < -0.39 is 53.2 Å². The van der Waals surface area contributed by atoms with Crippen molar-refractivity contribution in [1.29, 1.82) is 0 Å². The predicted molar refractivity (Wildman–Crippen MR) is 282 cm³/mol. The number of rotatable bonds is 31. The average Bonchev–Trinajstić information content (AvgIpc) is 3.95. The highest BCUT2D eigenvalue weighted by Crippen LogP contribution is 2.21. The Balaban J connectivity index is 0.000000543. The number of nitrogens with zero attached hydrogens (tertiary/aromatic N) is 1. The van der Waals surface area contributed by atoms with E-state index in [0.717, 1.165) is 71.5 Å². The Morgan fingerprint density at radius 2 is 1.08 bits per heavy atom. The molecule has 389 valence electrons. The molecule has 18 heteroatoms. The molecule has 3 atom stereocenters. The van der Waals surface area contributed by atoms with Crippen LogP contribution in [-0.2, 0) is 53.0 Å². The van der Waals surface area contributed by atoms with E-state index in [0.29, 0.717) is 18.4 Å². The van der Waals surface area contributed by atoms with Gasteiger partial charge in [-0.05, 0) is 53.8 Å². The molecule has 3 radical (unpaired) electrons. The van der Waals surface area contributed by atoms with Gasteiger partial charge in [0.2, 0.25) is 23.6 Å². The Morgan fingerprint density at radius 3 is 1.54 bits per heavy atom. The summed E-state index contributed by atoms with van der Waals surface area (Å²) < 4.78 is 5.29. The zero-order chi connectivity index (χ0) is 50.7. The van der Waals surface area contributed by atoms with Crippen LogP contribution in [0.4, 0.5) is 5.69 Å². The summed E-state index contributed by atoms with van der Waals surface area (Å²) in [6.45, 7) is 4.11. The molecule has 0 saturated carbocycles. The molecule has 2 aromatic heterocycles. The maximum absolute atomic E-state index is 13.5. The summed E-state index contributed by atoms with van der Waals surface area (Å²) in [5.41, 5.74) is 9.26. The van der Waals surface area contributed by atoms with Crippen molar-refractivity contribution in [3.8, 4) is 0 Å². The van der Waals surface area contributed by atoms with Gasteiger partial charge in [-0.2, -0.15) is 0 Å². The van der Waals surface area contributed by atoms with Gasteiger partial charge in [-0.1, -0.05) is 135 Å². The molecule has 5 rings (SSSR count). The van der Waals surface area contributed by atoms with Gasteiger partial charge in [0.25, 0.3) is 5.69 Å². The van der Waals surface area contributed by atoms with Crippen LogP contribution in [0.15, 0.2) is 85.2 Å². The molecule has 0 aliphatic rings. The zero-order valence-electron chi connectivity index (χ0n) is 41.2. The third kappa shape index (κ3) is 21.6. The first-order chi connectivity index (χ1) is 33.8. The van der Waals surface area contributed by atoms with Crippen LogP contribution in [0.5, 0.6) is 0 Å². The van der Waals surface area contributed by atoms with Gasteiger partial charge in [0, 0.05) is 80.4 Å². The minimum absolute atomic E-state index is 0. The van der Waals surface area contributed by atoms with Crippen molar-refractivity contribution in [1.82, 2.24) is 25.9 Å². The molecule has 0 bridgehead atoms. The largest absolute Gasteiger partial charge is 0.480 e. The number of carboxylic acid groups (broad SMARTS) is 1. The Bertz CT molecular complexity index is 2450. The summed E-state index contributed by atoms with van der Waals surface area (Å²) in [6.07, 6.45) is 19.4. The first-order valence-corrected chi connectivity index (χ1v) is 24.7. The summed E-state index contributed by atoms with van der Waals surface area (Å²) in [6, 6.07) is 17.4. The second-order valence-corrected chi connectivity index (χ2v) is 17.7. The monoisotopic (exact) mass is 993 g/mol. The number of amides is 4. The number of nitro benzene ring substituents is 1. The Morgan fingerprint density at radius 1 is 0.639 bits per heavy atom. The molecule has 2 heterocycles. The number of fused-ring (bicyclic) bond motifs is 2. The number of hydrogen-bond donors (Lipinski definition) is 7. The van der Waals surface area contributed by atoms with Crippen LogP contribution in [0.3, 0.4) is 0 Å². The molecule has 4 amide bonds. The number of nitrogens with two attached hydrogens (primary N) is 1. The lowest BCUT2D eigenvalue weighted by molar-refractivity contribution is -0.384. The number of benzene rings is 3. The number of aliphatic carboxylic acids is 1. The van der Waals surface area contributed by atoms with Crippen molar-refractivity contribution in [3.05, 3.63) is 112 Å². The first kappa shape index (κ1) is 61.1. The second kappa shape index (κ2) is 33.6. The third-order valence-electron chi connectivity index (χ3n) is 12.0. The lowest BCUT2D eigenvalue weighted by Crippen LogP contribution is -2.53. The van der Waals surface area contributed by atoms with Gasteiger partial charge in [-0.3, -0.25) is 29.3 Å². The molecule has 3 aromatic carbocycles. The molecular weight excluding hydrogens is 917 g/mol. The average molecular weight is 993 g/mol. The molecule has 72 heavy (non-hydrogen) atoms. The van der Waals surface area contributed by atoms with E-state index >= 15 is 0 Å². The van der Waals surface area contributed by atoms with Gasteiger partial charge in [-0.15, -0.1) is 0 Å². The first-order valence-electron chi connectivity index (χ1n) is 24.7. The molecule has 0 fully saturated rings. The van der Waals surface area contributed by atoms with Crippen molar-refractivity contribution >= 4 is 71.5 Å². The van der Waals surface area contributed by atoms with Crippen molar-refractivity contribution in [3.63, 3.8) is 0 Å². The van der Waals surface area contributed by atoms with E-state index in [2.05, 4.69) is 39.8 Å². The smallest absolute Gasteiger partial charge is 0.329 e. The third-order valence-corrected chi connectivity index (χ3v) is 12.0. The molecular formula is C54H75BN7O10. The minimum atomic E-state index is -1.40. The maximum atomic E-state index is 13.5. The molecule has 0 aliphatic carbocycles. The summed E-state index contributed by atoms with van der Waals surface area (Å²) in [7, 11) is 0. The van der Waals surface area contributed by atoms with E-state index in [1.807, 2.05) is 54.7 Å². The number of aromatic amines is 2. The molecule has 0 unspecified atom stereocenters. The highest BCUT2D eigenvalue weighted by atomic mass is 16.6. The number of nitro groups is 1. The number of carboxylic acids is 1. The Labute approximate surface area is 425 Å². The zero-order valence-corrected chi connectivity index (χ0v) is 41.2. The van der Waals surface area contributed by atoms with Gasteiger partial charge >= 0.3 is 11.9 Å². The number of aromatic nitrogens is 2. The molecule has 17 nitrogen and oxygen atoms in total. The lowest BCUT2D eigenvalue weighted by Gasteiger charge is -2.22. The quantitative estimate of drug-likeness (QED) is 0.00728. The Kier molecular flexibility index (Phi) is 28.5. The number of carbonyl (C=O) groups excluding carboxylic acids is 5. The van der Waals surface area contributed by atoms with Crippen molar-refractivity contribution in [2.75, 3.05) is 0 Å². The highest BCUT2D eigenvalue weighted by molar-refractivity contribution is 5.94. The lowest BCUT2D eigenvalue weighted by atomic mass is 10.0. The van der Waals surface area contributed by atoms with Crippen molar-refractivity contribution < 1.29 is 43.5 Å². The van der Waals surface area contributed by atoms with Gasteiger partial charge in [0.05, 0.1) is 11.3 Å². The number of para-hydroxylation sites is 2. The number of H-pyrrole nitrogens is 2. The van der Waals surface area contributed by atoms with E-state index in [4.69, 9.17) is 10.5 Å². The number of nitrogens with one attached hydrogen (secondary N) is 5. The van der Waals surface area contributed by atoms with Gasteiger partial charge in [-0.25, -0.2) is 9.59 Å². The number of primary amides is 1. The van der Waals surface area contributed by atoms with E-state index in [1.165, 1.54) is 69.2 Å². The normalized spacial score (nSPS) is 11.9. The van der Waals surface area contributed by atoms with Crippen LogP contribution in [0.2, 0.25) is 0 Å². The number of non-ortho nitro benzene ring substituents is 1. The molecule has 0 spiro atoms. The van der Waals surface area contributed by atoms with Crippen molar-refractivity contribution in [2.24, 2.45) is 5.73 Å². The molecule has 0 aliphatic heterocycles. The fourth-order valence-electron chi connectivity index (χ4n) is 8.10. The van der Waals surface area contributed by atoms with Crippen molar-refractivity contribution in [2.45, 2.75) is 168 Å². The highest BCUT2D eigenvalue weighted by Gasteiger charge is 2.30. The van der Waals surface area contributed by atoms with Gasteiger partial charge in [0.15, 0.2) is 0 Å². The predicted octanol–water partition coefficient (Wildman–Crippen LogP) is 9.02. The van der Waals surface area contributed by atoms with Crippen LogP contribution in [0.25, 0.3) is 21.8 Å². The second-order valence-electron chi connectivity index (χ2n) is 17.7. The molecule has 8 N–H and O–H groups in total. The maximum Gasteiger partial charge on any atom is 0.329 e. The summed E-state index contributed by atoms with van der Waals surface area (Å²) in [4.78, 5) is 91.4. The van der Waals surface area contributed by atoms with Crippen LogP contribution in [0, 0.1) is 10.1 Å². The van der Waals surface area contributed by atoms with E-state index in [9.17, 15) is 44.0 Å². The fourth-order valence-corrected chi connectivity index (χ4v) is 8.10.